The van der Waals surface area contributed by atoms with Crippen LogP contribution in [-0.4, -0.2) is 30.6 Å². The van der Waals surface area contributed by atoms with Gasteiger partial charge in [0.05, 0.1) is 22.9 Å². The molecule has 0 radical (unpaired) electrons. The average molecular weight is 369 g/mol. The number of carbonyl (C=O) groups is 2. The fraction of sp³-hybridized carbons (Fsp3) is 0.211. The van der Waals surface area contributed by atoms with E-state index in [1.165, 1.54) is 24.0 Å². The first-order valence-corrected chi connectivity index (χ1v) is 9.05. The number of urea groups is 1. The van der Waals surface area contributed by atoms with E-state index in [-0.39, 0.29) is 6.03 Å². The molecule has 2 aromatic carbocycles. The third-order valence-electron chi connectivity index (χ3n) is 3.80. The van der Waals surface area contributed by atoms with Crippen LogP contribution in [0.5, 0.6) is 0 Å². The number of fused-ring (bicyclic) bond motifs is 1. The number of hydrogen-bond donors (Lipinski definition) is 2. The number of rotatable bonds is 6. The molecule has 0 aliphatic carbocycles. The van der Waals surface area contributed by atoms with E-state index in [1.807, 2.05) is 18.2 Å². The normalized spacial score (nSPS) is 10.5. The molecule has 1 heterocycles. The number of aryl methyl sites for hydroxylation is 1. The van der Waals surface area contributed by atoms with Gasteiger partial charge in [-0.15, -0.1) is 0 Å². The minimum Gasteiger partial charge on any atom is -0.465 e. The highest BCUT2D eigenvalue weighted by Gasteiger charge is 2.11. The Hall–Kier alpha value is -2.93. The topological polar surface area (TPSA) is 80.3 Å². The number of nitrogens with one attached hydrogen (secondary N) is 2. The van der Waals surface area contributed by atoms with Crippen molar-refractivity contribution in [2.45, 2.75) is 12.8 Å². The highest BCUT2D eigenvalue weighted by Crippen LogP contribution is 2.27. The van der Waals surface area contributed by atoms with Crippen LogP contribution in [0.2, 0.25) is 0 Å². The van der Waals surface area contributed by atoms with Crippen LogP contribution in [0.3, 0.4) is 0 Å². The maximum Gasteiger partial charge on any atom is 0.337 e. The lowest BCUT2D eigenvalue weighted by molar-refractivity contribution is 0.0601. The number of esters is 1. The first-order chi connectivity index (χ1) is 12.7. The van der Waals surface area contributed by atoms with Gasteiger partial charge in [0, 0.05) is 6.54 Å². The van der Waals surface area contributed by atoms with Crippen molar-refractivity contribution in [2.75, 3.05) is 19.0 Å². The van der Waals surface area contributed by atoms with Crippen LogP contribution in [-0.2, 0) is 11.2 Å². The smallest absolute Gasteiger partial charge is 0.337 e. The number of carbonyl (C=O) groups excluding carboxylic acids is 2. The lowest BCUT2D eigenvalue weighted by atomic mass is 10.1. The molecule has 0 spiro atoms. The Kier molecular flexibility index (Phi) is 5.80. The molecule has 6 nitrogen and oxygen atoms in total. The first-order valence-electron chi connectivity index (χ1n) is 8.23. The molecule has 1 aromatic heterocycles. The Bertz CT molecular complexity index is 909. The Morgan fingerprint density at radius 2 is 1.96 bits per heavy atom. The predicted molar refractivity (Wildman–Crippen MR) is 103 cm³/mol. The van der Waals surface area contributed by atoms with Gasteiger partial charge < -0.3 is 10.1 Å². The standard InChI is InChI=1S/C19H19N3O3S/c1-25-17(23)14-9-10-15-16(12-14)26-19(21-15)22-18(24)20-11-5-8-13-6-3-2-4-7-13/h2-4,6-7,9-10,12H,5,8,11H2,1H3,(H2,20,21,22,24). The second-order valence-corrected chi connectivity index (χ2v) is 6.69. The van der Waals surface area contributed by atoms with Gasteiger partial charge >= 0.3 is 12.0 Å². The van der Waals surface area contributed by atoms with Crippen LogP contribution in [0.15, 0.2) is 48.5 Å². The molecule has 0 bridgehead atoms. The van der Waals surface area contributed by atoms with Gasteiger partial charge in [-0.25, -0.2) is 14.6 Å². The number of benzene rings is 2. The summed E-state index contributed by atoms with van der Waals surface area (Å²) in [5.41, 5.74) is 2.44. The molecular formula is C19H19N3O3S. The van der Waals surface area contributed by atoms with Crippen molar-refractivity contribution >= 4 is 38.7 Å². The third kappa shape index (κ3) is 4.58. The molecule has 3 aromatic rings. The molecule has 0 aliphatic heterocycles. The molecule has 2 N–H and O–H groups in total. The van der Waals surface area contributed by atoms with Crippen molar-refractivity contribution < 1.29 is 14.3 Å². The van der Waals surface area contributed by atoms with Crippen molar-refractivity contribution in [3.8, 4) is 0 Å². The van der Waals surface area contributed by atoms with Crippen LogP contribution in [0, 0.1) is 0 Å². The third-order valence-corrected chi connectivity index (χ3v) is 4.73. The van der Waals surface area contributed by atoms with Crippen molar-refractivity contribution in [1.29, 1.82) is 0 Å². The number of amides is 2. The van der Waals surface area contributed by atoms with E-state index in [9.17, 15) is 9.59 Å². The Morgan fingerprint density at radius 3 is 2.73 bits per heavy atom. The fourth-order valence-corrected chi connectivity index (χ4v) is 3.40. The number of thiazole rings is 1. The minimum absolute atomic E-state index is 0.287. The van der Waals surface area contributed by atoms with Gasteiger partial charge in [-0.3, -0.25) is 5.32 Å². The Balaban J connectivity index is 1.51. The summed E-state index contributed by atoms with van der Waals surface area (Å²) in [4.78, 5) is 27.9. The van der Waals surface area contributed by atoms with Gasteiger partial charge in [0.25, 0.3) is 0 Å². The fourth-order valence-electron chi connectivity index (χ4n) is 2.50. The number of methoxy groups -OCH3 is 1. The minimum atomic E-state index is -0.397. The quantitative estimate of drug-likeness (QED) is 0.511. The molecule has 0 atom stereocenters. The molecule has 26 heavy (non-hydrogen) atoms. The van der Waals surface area contributed by atoms with Crippen molar-refractivity contribution in [3.05, 3.63) is 59.7 Å². The molecule has 7 heteroatoms. The van der Waals surface area contributed by atoms with E-state index in [1.54, 1.807) is 18.2 Å². The molecule has 0 aliphatic rings. The van der Waals surface area contributed by atoms with Gasteiger partial charge in [-0.1, -0.05) is 41.7 Å². The Morgan fingerprint density at radius 1 is 1.15 bits per heavy atom. The number of nitrogens with zero attached hydrogens (tertiary/aromatic N) is 1. The number of anilines is 1. The number of ether oxygens (including phenoxy) is 1. The average Bonchev–Trinajstić information content (AvgIpc) is 3.06. The summed E-state index contributed by atoms with van der Waals surface area (Å²) in [6.07, 6.45) is 1.78. The van der Waals surface area contributed by atoms with Crippen molar-refractivity contribution in [1.82, 2.24) is 10.3 Å². The summed E-state index contributed by atoms with van der Waals surface area (Å²) >= 11 is 1.31. The van der Waals surface area contributed by atoms with E-state index < -0.39 is 5.97 Å². The van der Waals surface area contributed by atoms with Crippen LogP contribution < -0.4 is 10.6 Å². The van der Waals surface area contributed by atoms with E-state index in [2.05, 4.69) is 27.8 Å². The molecule has 0 fully saturated rings. The maximum absolute atomic E-state index is 12.0. The molecular weight excluding hydrogens is 350 g/mol. The van der Waals surface area contributed by atoms with Crippen LogP contribution in [0.1, 0.15) is 22.3 Å². The second-order valence-electron chi connectivity index (χ2n) is 5.66. The zero-order valence-electron chi connectivity index (χ0n) is 14.3. The van der Waals surface area contributed by atoms with Gasteiger partial charge in [-0.2, -0.15) is 0 Å². The van der Waals surface area contributed by atoms with E-state index in [4.69, 9.17) is 4.74 Å². The number of hydrogen-bond acceptors (Lipinski definition) is 5. The van der Waals surface area contributed by atoms with Gasteiger partial charge in [0.1, 0.15) is 0 Å². The molecule has 0 saturated heterocycles. The largest absolute Gasteiger partial charge is 0.465 e. The molecule has 2 amide bonds. The second kappa shape index (κ2) is 8.44. The monoisotopic (exact) mass is 369 g/mol. The molecule has 0 unspecified atom stereocenters. The van der Waals surface area contributed by atoms with E-state index >= 15 is 0 Å². The SMILES string of the molecule is COC(=O)c1ccc2nc(NC(=O)NCCCc3ccccc3)sc2c1. The summed E-state index contributed by atoms with van der Waals surface area (Å²) in [7, 11) is 1.34. The van der Waals surface area contributed by atoms with Crippen molar-refractivity contribution in [3.63, 3.8) is 0 Å². The summed E-state index contributed by atoms with van der Waals surface area (Å²) in [5.74, 6) is -0.397. The van der Waals surface area contributed by atoms with Gasteiger partial charge in [-0.05, 0) is 36.6 Å². The zero-order chi connectivity index (χ0) is 18.4. The summed E-state index contributed by atoms with van der Waals surface area (Å²) in [6, 6.07) is 15.0. The highest BCUT2D eigenvalue weighted by atomic mass is 32.1. The predicted octanol–water partition coefficient (Wildman–Crippen LogP) is 3.84. The summed E-state index contributed by atoms with van der Waals surface area (Å²) in [6.45, 7) is 0.581. The highest BCUT2D eigenvalue weighted by molar-refractivity contribution is 7.22. The first kappa shape index (κ1) is 17.9. The van der Waals surface area contributed by atoms with Gasteiger partial charge in [0.15, 0.2) is 5.13 Å². The maximum atomic E-state index is 12.0. The van der Waals surface area contributed by atoms with Crippen molar-refractivity contribution in [2.24, 2.45) is 0 Å². The molecule has 3 rings (SSSR count). The van der Waals surface area contributed by atoms with Crippen LogP contribution in [0.4, 0.5) is 9.93 Å². The van der Waals surface area contributed by atoms with E-state index in [0.29, 0.717) is 17.2 Å². The van der Waals surface area contributed by atoms with Gasteiger partial charge in [0.2, 0.25) is 0 Å². The lowest BCUT2D eigenvalue weighted by Gasteiger charge is -2.05. The summed E-state index contributed by atoms with van der Waals surface area (Å²) < 4.78 is 5.52. The molecule has 0 saturated carbocycles. The zero-order valence-corrected chi connectivity index (χ0v) is 15.1. The van der Waals surface area contributed by atoms with E-state index in [0.717, 1.165) is 23.1 Å². The van der Waals surface area contributed by atoms with Crippen LogP contribution >= 0.6 is 11.3 Å². The summed E-state index contributed by atoms with van der Waals surface area (Å²) in [5, 5.41) is 6.05. The lowest BCUT2D eigenvalue weighted by Crippen LogP contribution is -2.29. The van der Waals surface area contributed by atoms with Crippen LogP contribution in [0.25, 0.3) is 10.2 Å². The number of aromatic nitrogens is 1. The molecule has 134 valence electrons. The Labute approximate surface area is 155 Å².